The van der Waals surface area contributed by atoms with E-state index in [0.717, 1.165) is 11.4 Å². The summed E-state index contributed by atoms with van der Waals surface area (Å²) in [7, 11) is 1.88. The molecule has 0 saturated carbocycles. The second-order valence-electron chi connectivity index (χ2n) is 6.52. The maximum absolute atomic E-state index is 12.6. The van der Waals surface area contributed by atoms with Crippen molar-refractivity contribution in [1.29, 1.82) is 0 Å². The Morgan fingerprint density at radius 2 is 2.07 bits per heavy atom. The minimum Gasteiger partial charge on any atom is -0.466 e. The maximum atomic E-state index is 12.6. The Bertz CT molecular complexity index is 871. The standard InChI is InChI=1S/C19H22N2O5S/c1-11-8-14(12(2)20(11)4)16(23)9-26-19(24)15-10-27-18(21(15)13(3)22)17-6-5-7-25-17/h5-8,15,18H,9-10H2,1-4H3/t15-,18-/m1/s1. The molecule has 0 bridgehead atoms. The zero-order chi connectivity index (χ0) is 19.7. The highest BCUT2D eigenvalue weighted by Gasteiger charge is 2.43. The first-order valence-corrected chi connectivity index (χ1v) is 9.62. The Kier molecular flexibility index (Phi) is 5.46. The minimum absolute atomic E-state index is 0.246. The number of nitrogens with zero attached hydrogens (tertiary/aromatic N) is 2. The van der Waals surface area contributed by atoms with Crippen LogP contribution in [0.15, 0.2) is 28.9 Å². The lowest BCUT2D eigenvalue weighted by molar-refractivity contribution is -0.152. The Morgan fingerprint density at radius 3 is 2.63 bits per heavy atom. The number of esters is 1. The first-order valence-electron chi connectivity index (χ1n) is 8.58. The molecule has 27 heavy (non-hydrogen) atoms. The van der Waals surface area contributed by atoms with Crippen LogP contribution in [0, 0.1) is 13.8 Å². The summed E-state index contributed by atoms with van der Waals surface area (Å²) in [6.07, 6.45) is 1.53. The van der Waals surface area contributed by atoms with Crippen LogP contribution in [0.2, 0.25) is 0 Å². The molecule has 8 heteroatoms. The van der Waals surface area contributed by atoms with Crippen molar-refractivity contribution in [3.8, 4) is 0 Å². The Hall–Kier alpha value is -2.48. The van der Waals surface area contributed by atoms with Gasteiger partial charge in [-0.05, 0) is 32.0 Å². The molecular weight excluding hydrogens is 368 g/mol. The van der Waals surface area contributed by atoms with E-state index >= 15 is 0 Å². The highest BCUT2D eigenvalue weighted by molar-refractivity contribution is 7.99. The van der Waals surface area contributed by atoms with E-state index in [1.165, 1.54) is 29.8 Å². The zero-order valence-electron chi connectivity index (χ0n) is 15.7. The summed E-state index contributed by atoms with van der Waals surface area (Å²) in [5.41, 5.74) is 2.33. The number of aryl methyl sites for hydroxylation is 1. The largest absolute Gasteiger partial charge is 0.466 e. The number of aromatic nitrogens is 1. The van der Waals surface area contributed by atoms with E-state index in [1.54, 1.807) is 18.2 Å². The number of furan rings is 1. The van der Waals surface area contributed by atoms with Gasteiger partial charge in [0.05, 0.1) is 6.26 Å². The minimum atomic E-state index is -0.742. The van der Waals surface area contributed by atoms with Crippen molar-refractivity contribution in [2.45, 2.75) is 32.2 Å². The molecule has 1 aliphatic heterocycles. The first kappa shape index (κ1) is 19.3. The lowest BCUT2D eigenvalue weighted by Gasteiger charge is -2.25. The Morgan fingerprint density at radius 1 is 1.33 bits per heavy atom. The van der Waals surface area contributed by atoms with Gasteiger partial charge in [0.15, 0.2) is 6.61 Å². The average molecular weight is 390 g/mol. The third-order valence-corrected chi connectivity index (χ3v) is 6.13. The van der Waals surface area contributed by atoms with Crippen LogP contribution < -0.4 is 0 Å². The number of ketones is 1. The normalized spacial score (nSPS) is 19.3. The number of carbonyl (C=O) groups excluding carboxylic acids is 3. The molecule has 1 fully saturated rings. The number of rotatable bonds is 5. The highest BCUT2D eigenvalue weighted by Crippen LogP contribution is 2.41. The van der Waals surface area contributed by atoms with Gasteiger partial charge in [0.1, 0.15) is 17.2 Å². The van der Waals surface area contributed by atoms with Crippen LogP contribution in [0.25, 0.3) is 0 Å². The molecule has 1 saturated heterocycles. The van der Waals surface area contributed by atoms with E-state index in [4.69, 9.17) is 9.15 Å². The highest BCUT2D eigenvalue weighted by atomic mass is 32.2. The molecule has 7 nitrogen and oxygen atoms in total. The van der Waals surface area contributed by atoms with Crippen LogP contribution in [0.5, 0.6) is 0 Å². The van der Waals surface area contributed by atoms with Crippen LogP contribution in [-0.2, 0) is 21.4 Å². The fraction of sp³-hybridized carbons (Fsp3) is 0.421. The van der Waals surface area contributed by atoms with Gasteiger partial charge in [-0.15, -0.1) is 11.8 Å². The molecule has 3 heterocycles. The number of carbonyl (C=O) groups is 3. The number of hydrogen-bond donors (Lipinski definition) is 0. The summed E-state index contributed by atoms with van der Waals surface area (Å²) in [4.78, 5) is 38.5. The van der Waals surface area contributed by atoms with Gasteiger partial charge >= 0.3 is 5.97 Å². The van der Waals surface area contributed by atoms with Gasteiger partial charge in [0.2, 0.25) is 11.7 Å². The van der Waals surface area contributed by atoms with E-state index in [9.17, 15) is 14.4 Å². The summed E-state index contributed by atoms with van der Waals surface area (Å²) >= 11 is 1.43. The number of Topliss-reactive ketones (excluding diaryl/α,β-unsaturated/α-hetero) is 1. The van der Waals surface area contributed by atoms with Crippen molar-refractivity contribution in [2.24, 2.45) is 7.05 Å². The van der Waals surface area contributed by atoms with Crippen LogP contribution in [-0.4, -0.2) is 45.5 Å². The van der Waals surface area contributed by atoms with Crippen molar-refractivity contribution in [2.75, 3.05) is 12.4 Å². The molecule has 1 amide bonds. The monoisotopic (exact) mass is 390 g/mol. The van der Waals surface area contributed by atoms with Crippen LogP contribution in [0.4, 0.5) is 0 Å². The predicted octanol–water partition coefficient (Wildman–Crippen LogP) is 2.62. The fourth-order valence-electron chi connectivity index (χ4n) is 3.17. The summed E-state index contributed by atoms with van der Waals surface area (Å²) in [6.45, 7) is 4.82. The van der Waals surface area contributed by atoms with Crippen molar-refractivity contribution in [1.82, 2.24) is 9.47 Å². The first-order chi connectivity index (χ1) is 12.8. The van der Waals surface area contributed by atoms with Gasteiger partial charge in [-0.25, -0.2) is 4.79 Å². The van der Waals surface area contributed by atoms with Crippen LogP contribution in [0.3, 0.4) is 0 Å². The van der Waals surface area contributed by atoms with Crippen LogP contribution in [0.1, 0.15) is 39.8 Å². The lowest BCUT2D eigenvalue weighted by Crippen LogP contribution is -2.43. The molecule has 0 N–H and O–H groups in total. The van der Waals surface area contributed by atoms with Gasteiger partial charge in [0, 0.05) is 36.7 Å². The molecule has 0 aliphatic carbocycles. The summed E-state index contributed by atoms with van der Waals surface area (Å²) in [6, 6.07) is 4.55. The molecule has 0 spiro atoms. The molecule has 2 aromatic rings. The molecule has 1 aliphatic rings. The van der Waals surface area contributed by atoms with Gasteiger partial charge in [0.25, 0.3) is 0 Å². The molecule has 3 rings (SSSR count). The number of amides is 1. The molecular formula is C19H22N2O5S. The predicted molar refractivity (Wildman–Crippen MR) is 100 cm³/mol. The fourth-order valence-corrected chi connectivity index (χ4v) is 4.59. The van der Waals surface area contributed by atoms with E-state index in [1.807, 2.05) is 25.5 Å². The molecule has 2 aromatic heterocycles. The SMILES string of the molecule is CC(=O)N1[C@@H](C(=O)OCC(=O)c2cc(C)n(C)c2C)CS[C@@H]1c1ccco1. The Labute approximate surface area is 161 Å². The second kappa shape index (κ2) is 7.64. The van der Waals surface area contributed by atoms with Gasteiger partial charge in [-0.2, -0.15) is 0 Å². The van der Waals surface area contributed by atoms with E-state index in [0.29, 0.717) is 17.1 Å². The maximum Gasteiger partial charge on any atom is 0.330 e. The average Bonchev–Trinajstić information content (AvgIpc) is 3.35. The van der Waals surface area contributed by atoms with Crippen molar-refractivity contribution < 1.29 is 23.5 Å². The smallest absolute Gasteiger partial charge is 0.330 e. The van der Waals surface area contributed by atoms with E-state index in [2.05, 4.69) is 0 Å². The summed E-state index contributed by atoms with van der Waals surface area (Å²) in [5.74, 6) is -0.0831. The number of ether oxygens (including phenoxy) is 1. The topological polar surface area (TPSA) is 81.8 Å². The van der Waals surface area contributed by atoms with Crippen molar-refractivity contribution in [3.05, 3.63) is 47.2 Å². The number of hydrogen-bond acceptors (Lipinski definition) is 6. The quantitative estimate of drug-likeness (QED) is 0.577. The van der Waals surface area contributed by atoms with Gasteiger partial charge in [-0.3, -0.25) is 9.59 Å². The molecule has 0 aromatic carbocycles. The Balaban J connectivity index is 1.67. The van der Waals surface area contributed by atoms with Crippen molar-refractivity contribution >= 4 is 29.4 Å². The molecule has 0 radical (unpaired) electrons. The third-order valence-electron chi connectivity index (χ3n) is 4.84. The van der Waals surface area contributed by atoms with Gasteiger partial charge < -0.3 is 18.6 Å². The van der Waals surface area contributed by atoms with E-state index < -0.39 is 12.0 Å². The van der Waals surface area contributed by atoms with E-state index in [-0.39, 0.29) is 23.7 Å². The molecule has 2 atom stereocenters. The summed E-state index contributed by atoms with van der Waals surface area (Å²) < 4.78 is 12.6. The lowest BCUT2D eigenvalue weighted by atomic mass is 10.1. The molecule has 144 valence electrons. The number of thioether (sulfide) groups is 1. The van der Waals surface area contributed by atoms with Crippen molar-refractivity contribution in [3.63, 3.8) is 0 Å². The zero-order valence-corrected chi connectivity index (χ0v) is 16.5. The van der Waals surface area contributed by atoms with Gasteiger partial charge in [-0.1, -0.05) is 0 Å². The molecule has 0 unspecified atom stereocenters. The third kappa shape index (κ3) is 3.66. The second-order valence-corrected chi connectivity index (χ2v) is 7.63. The van der Waals surface area contributed by atoms with Crippen LogP contribution >= 0.6 is 11.8 Å². The summed E-state index contributed by atoms with van der Waals surface area (Å²) in [5, 5.41) is -0.371.